The largest absolute Gasteiger partial charge is 0.399 e. The van der Waals surface area contributed by atoms with Gasteiger partial charge in [-0.25, -0.2) is 0 Å². The number of anilines is 1. The molecule has 1 aliphatic heterocycles. The molecule has 1 aliphatic rings. The quantitative estimate of drug-likeness (QED) is 0.780. The molecule has 1 amide bonds. The lowest BCUT2D eigenvalue weighted by molar-refractivity contribution is -0.121. The summed E-state index contributed by atoms with van der Waals surface area (Å²) in [5, 5.41) is 3.00. The van der Waals surface area contributed by atoms with Crippen LogP contribution in [0.4, 0.5) is 5.69 Å². The predicted octanol–water partition coefficient (Wildman–Crippen LogP) is 1.43. The molecule has 122 valence electrons. The third-order valence-electron chi connectivity index (χ3n) is 4.20. The molecule has 0 saturated carbocycles. The minimum atomic E-state index is 0.0431. The van der Waals surface area contributed by atoms with E-state index in [1.165, 1.54) is 0 Å². The monoisotopic (exact) mass is 305 g/mol. The molecule has 1 aromatic carbocycles. The zero-order chi connectivity index (χ0) is 16.0. The SMILES string of the molecule is CC1(C)COCCN1CCNC(=O)CCc1ccccc1N. The van der Waals surface area contributed by atoms with Crippen LogP contribution in [0.25, 0.3) is 0 Å². The highest BCUT2D eigenvalue weighted by molar-refractivity contribution is 5.76. The number of nitrogens with zero attached hydrogens (tertiary/aromatic N) is 1. The number of carbonyl (C=O) groups excluding carboxylic acids is 1. The van der Waals surface area contributed by atoms with Crippen LogP contribution in [-0.2, 0) is 16.0 Å². The van der Waals surface area contributed by atoms with E-state index in [0.717, 1.165) is 37.6 Å². The second kappa shape index (κ2) is 7.61. The van der Waals surface area contributed by atoms with Crippen molar-refractivity contribution in [2.75, 3.05) is 38.6 Å². The van der Waals surface area contributed by atoms with Gasteiger partial charge in [-0.15, -0.1) is 0 Å². The Morgan fingerprint density at radius 1 is 1.41 bits per heavy atom. The van der Waals surface area contributed by atoms with Crippen molar-refractivity contribution in [3.8, 4) is 0 Å². The first kappa shape index (κ1) is 16.8. The zero-order valence-corrected chi connectivity index (χ0v) is 13.6. The molecular weight excluding hydrogens is 278 g/mol. The molecule has 22 heavy (non-hydrogen) atoms. The van der Waals surface area contributed by atoms with E-state index in [-0.39, 0.29) is 11.4 Å². The first-order chi connectivity index (χ1) is 10.5. The average molecular weight is 305 g/mol. The highest BCUT2D eigenvalue weighted by Gasteiger charge is 2.29. The molecule has 1 saturated heterocycles. The number of rotatable bonds is 6. The van der Waals surface area contributed by atoms with Crippen molar-refractivity contribution in [3.05, 3.63) is 29.8 Å². The zero-order valence-electron chi connectivity index (χ0n) is 13.6. The molecule has 5 nitrogen and oxygen atoms in total. The Morgan fingerprint density at radius 3 is 2.91 bits per heavy atom. The van der Waals surface area contributed by atoms with Crippen LogP contribution >= 0.6 is 0 Å². The lowest BCUT2D eigenvalue weighted by Gasteiger charge is -2.42. The molecule has 0 atom stereocenters. The lowest BCUT2D eigenvalue weighted by atomic mass is 10.0. The molecule has 0 bridgehead atoms. The number of carbonyl (C=O) groups is 1. The molecule has 2 rings (SSSR count). The Balaban J connectivity index is 1.69. The first-order valence-electron chi connectivity index (χ1n) is 7.92. The Bertz CT molecular complexity index is 502. The number of aryl methyl sites for hydroxylation is 1. The highest BCUT2D eigenvalue weighted by Crippen LogP contribution is 2.18. The maximum Gasteiger partial charge on any atom is 0.220 e. The summed E-state index contributed by atoms with van der Waals surface area (Å²) in [5.41, 5.74) is 7.72. The molecule has 0 unspecified atom stereocenters. The fourth-order valence-electron chi connectivity index (χ4n) is 2.73. The van der Waals surface area contributed by atoms with Crippen LogP contribution in [0.2, 0.25) is 0 Å². The number of nitrogen functional groups attached to an aromatic ring is 1. The van der Waals surface area contributed by atoms with Crippen molar-refractivity contribution in [3.63, 3.8) is 0 Å². The third-order valence-corrected chi connectivity index (χ3v) is 4.20. The van der Waals surface area contributed by atoms with Gasteiger partial charge < -0.3 is 15.8 Å². The second-order valence-corrected chi connectivity index (χ2v) is 6.40. The van der Waals surface area contributed by atoms with Gasteiger partial charge in [0.15, 0.2) is 0 Å². The molecule has 0 radical (unpaired) electrons. The standard InChI is InChI=1S/C17H27N3O2/c1-17(2)13-22-12-11-20(17)10-9-19-16(21)8-7-14-5-3-4-6-15(14)18/h3-6H,7-13,18H2,1-2H3,(H,19,21). The molecule has 1 aromatic rings. The van der Waals surface area contributed by atoms with E-state index < -0.39 is 0 Å². The molecule has 3 N–H and O–H groups in total. The van der Waals surface area contributed by atoms with Gasteiger partial charge in [0.05, 0.1) is 13.2 Å². The molecule has 5 heteroatoms. The number of hydrogen-bond donors (Lipinski definition) is 2. The minimum absolute atomic E-state index is 0.0431. The van der Waals surface area contributed by atoms with Crippen molar-refractivity contribution in [1.29, 1.82) is 0 Å². The van der Waals surface area contributed by atoms with Gasteiger partial charge >= 0.3 is 0 Å². The van der Waals surface area contributed by atoms with Gasteiger partial charge in [0, 0.05) is 37.3 Å². The van der Waals surface area contributed by atoms with Crippen LogP contribution in [0.15, 0.2) is 24.3 Å². The highest BCUT2D eigenvalue weighted by atomic mass is 16.5. The van der Waals surface area contributed by atoms with Crippen LogP contribution in [0, 0.1) is 0 Å². The smallest absolute Gasteiger partial charge is 0.220 e. The van der Waals surface area contributed by atoms with Gasteiger partial charge in [-0.1, -0.05) is 18.2 Å². The predicted molar refractivity (Wildman–Crippen MR) is 88.7 cm³/mol. The van der Waals surface area contributed by atoms with Crippen molar-refractivity contribution >= 4 is 11.6 Å². The fourth-order valence-corrected chi connectivity index (χ4v) is 2.73. The Hall–Kier alpha value is -1.59. The average Bonchev–Trinajstić information content (AvgIpc) is 2.48. The summed E-state index contributed by atoms with van der Waals surface area (Å²) in [7, 11) is 0. The summed E-state index contributed by atoms with van der Waals surface area (Å²) in [6.07, 6.45) is 1.16. The van der Waals surface area contributed by atoms with E-state index in [4.69, 9.17) is 10.5 Å². The summed E-state index contributed by atoms with van der Waals surface area (Å²) in [6.45, 7) is 8.31. The van der Waals surface area contributed by atoms with E-state index in [0.29, 0.717) is 19.4 Å². The minimum Gasteiger partial charge on any atom is -0.399 e. The molecular formula is C17H27N3O2. The van der Waals surface area contributed by atoms with Crippen LogP contribution in [-0.4, -0.2) is 49.2 Å². The van der Waals surface area contributed by atoms with Crippen LogP contribution in [0.5, 0.6) is 0 Å². The number of nitrogens with one attached hydrogen (secondary N) is 1. The van der Waals surface area contributed by atoms with Crippen molar-refractivity contribution in [2.24, 2.45) is 0 Å². The summed E-state index contributed by atoms with van der Waals surface area (Å²) < 4.78 is 5.50. The number of morpholine rings is 1. The number of hydrogen-bond acceptors (Lipinski definition) is 4. The van der Waals surface area contributed by atoms with Gasteiger partial charge in [0.2, 0.25) is 5.91 Å². The van der Waals surface area contributed by atoms with E-state index in [1.54, 1.807) is 0 Å². The van der Waals surface area contributed by atoms with E-state index in [2.05, 4.69) is 24.1 Å². The van der Waals surface area contributed by atoms with Crippen molar-refractivity contribution < 1.29 is 9.53 Å². The normalized spacial score (nSPS) is 18.1. The van der Waals surface area contributed by atoms with Gasteiger partial charge in [-0.2, -0.15) is 0 Å². The Labute approximate surface area is 132 Å². The van der Waals surface area contributed by atoms with E-state index in [9.17, 15) is 4.79 Å². The molecule has 1 fully saturated rings. The number of benzene rings is 1. The summed E-state index contributed by atoms with van der Waals surface area (Å²) in [5.74, 6) is 0.0781. The van der Waals surface area contributed by atoms with Crippen LogP contribution < -0.4 is 11.1 Å². The first-order valence-corrected chi connectivity index (χ1v) is 7.92. The molecule has 0 spiro atoms. The Kier molecular flexibility index (Phi) is 5.80. The summed E-state index contributed by atoms with van der Waals surface area (Å²) in [4.78, 5) is 14.3. The molecule has 0 aromatic heterocycles. The number of para-hydroxylation sites is 1. The number of nitrogens with two attached hydrogens (primary N) is 1. The van der Waals surface area contributed by atoms with E-state index in [1.807, 2.05) is 24.3 Å². The van der Waals surface area contributed by atoms with Gasteiger partial charge in [0.25, 0.3) is 0 Å². The molecule has 0 aliphatic carbocycles. The summed E-state index contributed by atoms with van der Waals surface area (Å²) >= 11 is 0. The van der Waals surface area contributed by atoms with E-state index >= 15 is 0 Å². The second-order valence-electron chi connectivity index (χ2n) is 6.40. The van der Waals surface area contributed by atoms with Crippen LogP contribution in [0.3, 0.4) is 0 Å². The van der Waals surface area contributed by atoms with Gasteiger partial charge in [-0.3, -0.25) is 9.69 Å². The van der Waals surface area contributed by atoms with Crippen LogP contribution in [0.1, 0.15) is 25.8 Å². The van der Waals surface area contributed by atoms with Gasteiger partial charge in [0.1, 0.15) is 0 Å². The lowest BCUT2D eigenvalue weighted by Crippen LogP contribution is -2.54. The van der Waals surface area contributed by atoms with Crippen molar-refractivity contribution in [2.45, 2.75) is 32.2 Å². The number of ether oxygens (including phenoxy) is 1. The topological polar surface area (TPSA) is 67.6 Å². The van der Waals surface area contributed by atoms with Crippen molar-refractivity contribution in [1.82, 2.24) is 10.2 Å². The molecule has 1 heterocycles. The number of amides is 1. The summed E-state index contributed by atoms with van der Waals surface area (Å²) in [6, 6.07) is 7.69. The Morgan fingerprint density at radius 2 is 2.18 bits per heavy atom. The maximum atomic E-state index is 11.9. The fraction of sp³-hybridized carbons (Fsp3) is 0.588. The van der Waals surface area contributed by atoms with Gasteiger partial charge in [-0.05, 0) is 31.9 Å². The maximum absolute atomic E-state index is 11.9. The third kappa shape index (κ3) is 4.71.